The number of alkyl halides is 5. The number of hydrogen-bond acceptors (Lipinski definition) is 2. The lowest BCUT2D eigenvalue weighted by Crippen LogP contribution is -2.46. The van der Waals surface area contributed by atoms with Gasteiger partial charge in [-0.2, -0.15) is 22.0 Å². The van der Waals surface area contributed by atoms with Gasteiger partial charge in [0.1, 0.15) is 6.10 Å². The zero-order valence-electron chi connectivity index (χ0n) is 8.20. The monoisotopic (exact) mass is 234 g/mol. The second kappa shape index (κ2) is 4.76. The molecule has 0 fully saturated rings. The molecule has 0 N–H and O–H groups in total. The molecular formula is C8H11F5O2. The summed E-state index contributed by atoms with van der Waals surface area (Å²) in [7, 11) is 0. The molecule has 15 heavy (non-hydrogen) atoms. The Kier molecular flexibility index (Phi) is 4.48. The van der Waals surface area contributed by atoms with Crippen LogP contribution in [0.4, 0.5) is 22.0 Å². The van der Waals surface area contributed by atoms with Crippen molar-refractivity contribution in [3.63, 3.8) is 0 Å². The molecule has 0 atom stereocenters. The molecule has 2 nitrogen and oxygen atoms in total. The van der Waals surface area contributed by atoms with Gasteiger partial charge in [0.05, 0.1) is 0 Å². The van der Waals surface area contributed by atoms with E-state index in [0.29, 0.717) is 0 Å². The largest absolute Gasteiger partial charge is 0.465 e. The molecule has 0 aromatic carbocycles. The molecule has 0 aliphatic heterocycles. The second-order valence-corrected chi connectivity index (χ2v) is 2.92. The first-order valence-electron chi connectivity index (χ1n) is 4.32. The van der Waals surface area contributed by atoms with Crippen molar-refractivity contribution in [3.05, 3.63) is 0 Å². The van der Waals surface area contributed by atoms with Gasteiger partial charge in [-0.1, -0.05) is 13.8 Å². The molecule has 0 radical (unpaired) electrons. The third-order valence-electron chi connectivity index (χ3n) is 1.80. The Balaban J connectivity index is 4.58. The van der Waals surface area contributed by atoms with E-state index in [9.17, 15) is 26.7 Å². The SMILES string of the molecule is CCC(CC)OC(=O)C(F)(F)C(F)(F)F. The predicted molar refractivity (Wildman–Crippen MR) is 41.5 cm³/mol. The van der Waals surface area contributed by atoms with Gasteiger partial charge in [-0.05, 0) is 12.8 Å². The fourth-order valence-electron chi connectivity index (χ4n) is 0.796. The summed E-state index contributed by atoms with van der Waals surface area (Å²) < 4.78 is 63.8. The number of halogens is 5. The van der Waals surface area contributed by atoms with Crippen molar-refractivity contribution in [2.45, 2.75) is 44.9 Å². The lowest BCUT2D eigenvalue weighted by molar-refractivity contribution is -0.282. The van der Waals surface area contributed by atoms with Gasteiger partial charge >= 0.3 is 18.1 Å². The second-order valence-electron chi connectivity index (χ2n) is 2.92. The van der Waals surface area contributed by atoms with Crippen LogP contribution in [-0.4, -0.2) is 24.2 Å². The summed E-state index contributed by atoms with van der Waals surface area (Å²) in [6, 6.07) is 0. The van der Waals surface area contributed by atoms with Gasteiger partial charge in [0.2, 0.25) is 0 Å². The van der Waals surface area contributed by atoms with E-state index < -0.39 is 24.2 Å². The van der Waals surface area contributed by atoms with E-state index in [0.717, 1.165) is 0 Å². The van der Waals surface area contributed by atoms with Gasteiger partial charge in [-0.25, -0.2) is 4.79 Å². The lowest BCUT2D eigenvalue weighted by atomic mass is 10.2. The normalized spacial score (nSPS) is 13.1. The Hall–Kier alpha value is -0.880. The van der Waals surface area contributed by atoms with Gasteiger partial charge < -0.3 is 4.74 Å². The van der Waals surface area contributed by atoms with Gasteiger partial charge in [0.15, 0.2) is 0 Å². The van der Waals surface area contributed by atoms with E-state index in [1.807, 2.05) is 0 Å². The Bertz CT molecular complexity index is 220. The van der Waals surface area contributed by atoms with Crippen LogP contribution >= 0.6 is 0 Å². The minimum atomic E-state index is -5.91. The Morgan fingerprint density at radius 3 is 1.80 bits per heavy atom. The standard InChI is InChI=1S/C8H11F5O2/c1-3-5(4-2)15-6(14)7(9,10)8(11,12)13/h5H,3-4H2,1-2H3. The van der Waals surface area contributed by atoms with Crippen LogP contribution in [0.1, 0.15) is 26.7 Å². The summed E-state index contributed by atoms with van der Waals surface area (Å²) in [6.07, 6.45) is -6.44. The van der Waals surface area contributed by atoms with Gasteiger partial charge in [0.25, 0.3) is 0 Å². The average molecular weight is 234 g/mol. The third-order valence-corrected chi connectivity index (χ3v) is 1.80. The van der Waals surface area contributed by atoms with Crippen LogP contribution in [-0.2, 0) is 9.53 Å². The maximum Gasteiger partial charge on any atom is 0.465 e. The summed E-state index contributed by atoms with van der Waals surface area (Å²) in [5.74, 6) is -7.97. The van der Waals surface area contributed by atoms with Crippen LogP contribution in [0.25, 0.3) is 0 Å². The van der Waals surface area contributed by atoms with E-state index in [4.69, 9.17) is 0 Å². The lowest BCUT2D eigenvalue weighted by Gasteiger charge is -2.21. The molecule has 90 valence electrons. The molecule has 0 aromatic heterocycles. The highest BCUT2D eigenvalue weighted by molar-refractivity contribution is 5.78. The fourth-order valence-corrected chi connectivity index (χ4v) is 0.796. The quantitative estimate of drug-likeness (QED) is 0.552. The highest BCUT2D eigenvalue weighted by Crippen LogP contribution is 2.36. The summed E-state index contributed by atoms with van der Waals surface area (Å²) in [4.78, 5) is 10.5. The molecule has 0 bridgehead atoms. The molecule has 0 rings (SSSR count). The molecule has 0 unspecified atom stereocenters. The fraction of sp³-hybridized carbons (Fsp3) is 0.875. The first-order valence-corrected chi connectivity index (χ1v) is 4.32. The first-order chi connectivity index (χ1) is 6.66. The zero-order chi connectivity index (χ0) is 12.3. The van der Waals surface area contributed by atoms with Crippen molar-refractivity contribution in [3.8, 4) is 0 Å². The highest BCUT2D eigenvalue weighted by atomic mass is 19.4. The topological polar surface area (TPSA) is 26.3 Å². The molecule has 0 aromatic rings. The van der Waals surface area contributed by atoms with Crippen LogP contribution in [0.2, 0.25) is 0 Å². The number of esters is 1. The third kappa shape index (κ3) is 3.32. The van der Waals surface area contributed by atoms with Crippen molar-refractivity contribution in [1.29, 1.82) is 0 Å². The number of hydrogen-bond donors (Lipinski definition) is 0. The molecular weight excluding hydrogens is 223 g/mol. The first kappa shape index (κ1) is 14.1. The Morgan fingerprint density at radius 1 is 1.13 bits per heavy atom. The van der Waals surface area contributed by atoms with E-state index in [1.54, 1.807) is 0 Å². The summed E-state index contributed by atoms with van der Waals surface area (Å²) in [5.41, 5.74) is 0. The summed E-state index contributed by atoms with van der Waals surface area (Å²) in [5, 5.41) is 0. The maximum atomic E-state index is 12.4. The van der Waals surface area contributed by atoms with E-state index in [2.05, 4.69) is 4.74 Å². The van der Waals surface area contributed by atoms with Crippen molar-refractivity contribution >= 4 is 5.97 Å². The smallest absolute Gasteiger partial charge is 0.458 e. The van der Waals surface area contributed by atoms with Crippen LogP contribution in [0.15, 0.2) is 0 Å². The van der Waals surface area contributed by atoms with Crippen molar-refractivity contribution in [2.75, 3.05) is 0 Å². The summed E-state index contributed by atoms with van der Waals surface area (Å²) in [6.45, 7) is 3.04. The van der Waals surface area contributed by atoms with Crippen molar-refractivity contribution < 1.29 is 31.5 Å². The van der Waals surface area contributed by atoms with Gasteiger partial charge in [-0.3, -0.25) is 0 Å². The molecule has 0 saturated carbocycles. The molecule has 0 amide bonds. The highest BCUT2D eigenvalue weighted by Gasteiger charge is 2.65. The molecule has 0 aliphatic rings. The van der Waals surface area contributed by atoms with E-state index in [-0.39, 0.29) is 12.8 Å². The minimum Gasteiger partial charge on any atom is -0.458 e. The molecule has 0 heterocycles. The molecule has 0 aliphatic carbocycles. The zero-order valence-corrected chi connectivity index (χ0v) is 8.20. The van der Waals surface area contributed by atoms with Gasteiger partial charge in [-0.15, -0.1) is 0 Å². The van der Waals surface area contributed by atoms with E-state index in [1.165, 1.54) is 13.8 Å². The number of carbonyl (C=O) groups is 1. The minimum absolute atomic E-state index is 0.191. The van der Waals surface area contributed by atoms with Crippen LogP contribution in [0, 0.1) is 0 Å². The Morgan fingerprint density at radius 2 is 1.53 bits per heavy atom. The number of ether oxygens (including phenoxy) is 1. The maximum absolute atomic E-state index is 12.4. The van der Waals surface area contributed by atoms with E-state index >= 15 is 0 Å². The summed E-state index contributed by atoms with van der Waals surface area (Å²) >= 11 is 0. The molecule has 7 heteroatoms. The van der Waals surface area contributed by atoms with Gasteiger partial charge in [0, 0.05) is 0 Å². The number of rotatable bonds is 4. The van der Waals surface area contributed by atoms with Crippen molar-refractivity contribution in [1.82, 2.24) is 0 Å². The molecule has 0 saturated heterocycles. The van der Waals surface area contributed by atoms with Crippen molar-refractivity contribution in [2.24, 2.45) is 0 Å². The molecule has 0 spiro atoms. The Labute approximate surface area is 83.4 Å². The predicted octanol–water partition coefficient (Wildman–Crippen LogP) is 2.92. The van der Waals surface area contributed by atoms with Crippen LogP contribution in [0.3, 0.4) is 0 Å². The number of carbonyl (C=O) groups excluding carboxylic acids is 1. The van der Waals surface area contributed by atoms with Crippen LogP contribution in [0.5, 0.6) is 0 Å². The average Bonchev–Trinajstić information content (AvgIpc) is 2.11. The van der Waals surface area contributed by atoms with Crippen LogP contribution < -0.4 is 0 Å².